The van der Waals surface area contributed by atoms with Gasteiger partial charge in [-0.25, -0.2) is 13.8 Å². The third-order valence-corrected chi connectivity index (χ3v) is 3.03. The molecule has 0 atom stereocenters. The maximum absolute atomic E-state index is 13.7. The number of benzene rings is 1. The Hall–Kier alpha value is -1.75. The number of aromatic nitrogens is 2. The highest BCUT2D eigenvalue weighted by Gasteiger charge is 2.16. The van der Waals surface area contributed by atoms with E-state index < -0.39 is 11.6 Å². The van der Waals surface area contributed by atoms with Crippen molar-refractivity contribution in [2.75, 3.05) is 6.54 Å². The maximum Gasteiger partial charge on any atom is 0.132 e. The smallest absolute Gasteiger partial charge is 0.132 e. The lowest BCUT2D eigenvalue weighted by Crippen LogP contribution is -2.08. The van der Waals surface area contributed by atoms with Gasteiger partial charge in [-0.05, 0) is 31.7 Å². The summed E-state index contributed by atoms with van der Waals surface area (Å²) < 4.78 is 28.8. The largest absolute Gasteiger partial charge is 0.335 e. The minimum Gasteiger partial charge on any atom is -0.335 e. The Morgan fingerprint density at radius 3 is 2.72 bits per heavy atom. The van der Waals surface area contributed by atoms with Crippen molar-refractivity contribution in [3.63, 3.8) is 0 Å². The van der Waals surface area contributed by atoms with Gasteiger partial charge in [-0.3, -0.25) is 0 Å². The second-order valence-corrected chi connectivity index (χ2v) is 4.18. The van der Waals surface area contributed by atoms with Crippen molar-refractivity contribution in [3.8, 4) is 11.3 Å². The summed E-state index contributed by atoms with van der Waals surface area (Å²) in [6, 6.07) is 3.37. The summed E-state index contributed by atoms with van der Waals surface area (Å²) in [4.78, 5) is 4.35. The standard InChI is InChI=1S/C13H15F2N3/c1-8-13(17-12(5-6-16)18(8)2)10-7-9(14)3-4-11(10)15/h3-4,7H,5-6,16H2,1-2H3. The molecule has 0 unspecified atom stereocenters. The summed E-state index contributed by atoms with van der Waals surface area (Å²) in [5.41, 5.74) is 6.95. The van der Waals surface area contributed by atoms with Crippen LogP contribution in [0.25, 0.3) is 11.3 Å². The van der Waals surface area contributed by atoms with Gasteiger partial charge in [-0.15, -0.1) is 0 Å². The monoisotopic (exact) mass is 251 g/mol. The molecule has 1 heterocycles. The number of imidazole rings is 1. The number of nitrogens with zero attached hydrogens (tertiary/aromatic N) is 2. The average Bonchev–Trinajstić information content (AvgIpc) is 2.61. The zero-order valence-corrected chi connectivity index (χ0v) is 10.4. The van der Waals surface area contributed by atoms with E-state index in [1.54, 1.807) is 0 Å². The van der Waals surface area contributed by atoms with Crippen LogP contribution in [0.5, 0.6) is 0 Å². The zero-order valence-electron chi connectivity index (χ0n) is 10.4. The molecule has 0 aliphatic rings. The predicted octanol–water partition coefficient (Wildman–Crippen LogP) is 2.17. The van der Waals surface area contributed by atoms with Crippen molar-refractivity contribution in [2.45, 2.75) is 13.3 Å². The van der Waals surface area contributed by atoms with Crippen molar-refractivity contribution < 1.29 is 8.78 Å². The molecular weight excluding hydrogens is 236 g/mol. The highest BCUT2D eigenvalue weighted by atomic mass is 19.1. The molecule has 2 rings (SSSR count). The second kappa shape index (κ2) is 4.86. The Kier molecular flexibility index (Phi) is 3.43. The molecule has 1 aromatic heterocycles. The molecule has 96 valence electrons. The second-order valence-electron chi connectivity index (χ2n) is 4.18. The van der Waals surface area contributed by atoms with E-state index in [1.165, 1.54) is 0 Å². The normalized spacial score (nSPS) is 10.9. The summed E-state index contributed by atoms with van der Waals surface area (Å²) in [6.07, 6.45) is 0.605. The van der Waals surface area contributed by atoms with Gasteiger partial charge in [0.05, 0.1) is 5.69 Å². The molecular formula is C13H15F2N3. The molecule has 0 fully saturated rings. The highest BCUT2D eigenvalue weighted by molar-refractivity contribution is 5.63. The van der Waals surface area contributed by atoms with E-state index in [0.29, 0.717) is 18.7 Å². The van der Waals surface area contributed by atoms with E-state index in [0.717, 1.165) is 29.7 Å². The molecule has 0 bridgehead atoms. The fraction of sp³-hybridized carbons (Fsp3) is 0.308. The topological polar surface area (TPSA) is 43.8 Å². The fourth-order valence-corrected chi connectivity index (χ4v) is 1.92. The third-order valence-electron chi connectivity index (χ3n) is 3.03. The van der Waals surface area contributed by atoms with Gasteiger partial charge in [0.2, 0.25) is 0 Å². The maximum atomic E-state index is 13.7. The Labute approximate surface area is 104 Å². The summed E-state index contributed by atoms with van der Waals surface area (Å²) >= 11 is 0. The van der Waals surface area contributed by atoms with Crippen molar-refractivity contribution in [1.29, 1.82) is 0 Å². The Morgan fingerprint density at radius 1 is 1.33 bits per heavy atom. The fourth-order valence-electron chi connectivity index (χ4n) is 1.92. The van der Waals surface area contributed by atoms with Crippen LogP contribution >= 0.6 is 0 Å². The van der Waals surface area contributed by atoms with Crippen LogP contribution in [-0.2, 0) is 13.5 Å². The van der Waals surface area contributed by atoms with E-state index in [2.05, 4.69) is 4.98 Å². The van der Waals surface area contributed by atoms with Gasteiger partial charge in [-0.2, -0.15) is 0 Å². The van der Waals surface area contributed by atoms with Gasteiger partial charge in [0.1, 0.15) is 17.5 Å². The number of hydrogen-bond donors (Lipinski definition) is 1. The first-order chi connectivity index (χ1) is 8.54. The van der Waals surface area contributed by atoms with Crippen molar-refractivity contribution in [3.05, 3.63) is 41.4 Å². The Morgan fingerprint density at radius 2 is 2.06 bits per heavy atom. The van der Waals surface area contributed by atoms with E-state index in [1.807, 2.05) is 18.5 Å². The van der Waals surface area contributed by atoms with Crippen molar-refractivity contribution in [2.24, 2.45) is 12.8 Å². The number of halogens is 2. The number of hydrogen-bond acceptors (Lipinski definition) is 2. The molecule has 0 spiro atoms. The molecule has 0 aliphatic heterocycles. The van der Waals surface area contributed by atoms with Crippen LogP contribution in [-0.4, -0.2) is 16.1 Å². The minimum atomic E-state index is -0.475. The van der Waals surface area contributed by atoms with Crippen molar-refractivity contribution >= 4 is 0 Å². The third kappa shape index (κ3) is 2.13. The molecule has 0 aliphatic carbocycles. The van der Waals surface area contributed by atoms with Crippen LogP contribution in [0.3, 0.4) is 0 Å². The zero-order chi connectivity index (χ0) is 13.3. The van der Waals surface area contributed by atoms with Crippen LogP contribution < -0.4 is 5.73 Å². The summed E-state index contributed by atoms with van der Waals surface area (Å²) in [5.74, 6) is -0.178. The molecule has 2 N–H and O–H groups in total. The quantitative estimate of drug-likeness (QED) is 0.908. The molecule has 2 aromatic rings. The van der Waals surface area contributed by atoms with E-state index in [-0.39, 0.29) is 5.56 Å². The SMILES string of the molecule is Cc1c(-c2cc(F)ccc2F)nc(CCN)n1C. The molecule has 0 saturated carbocycles. The molecule has 18 heavy (non-hydrogen) atoms. The van der Waals surface area contributed by atoms with Crippen LogP contribution in [0.2, 0.25) is 0 Å². The predicted molar refractivity (Wildman–Crippen MR) is 66.1 cm³/mol. The summed E-state index contributed by atoms with van der Waals surface area (Å²) in [5, 5.41) is 0. The van der Waals surface area contributed by atoms with Gasteiger partial charge in [0, 0.05) is 24.7 Å². The first kappa shape index (κ1) is 12.7. The molecule has 0 radical (unpaired) electrons. The van der Waals surface area contributed by atoms with Crippen LogP contribution in [0.15, 0.2) is 18.2 Å². The summed E-state index contributed by atoms with van der Waals surface area (Å²) in [7, 11) is 1.84. The minimum absolute atomic E-state index is 0.186. The molecule has 0 saturated heterocycles. The van der Waals surface area contributed by atoms with Crippen molar-refractivity contribution in [1.82, 2.24) is 9.55 Å². The summed E-state index contributed by atoms with van der Waals surface area (Å²) in [6.45, 7) is 2.29. The van der Waals surface area contributed by atoms with Crippen LogP contribution in [0, 0.1) is 18.6 Å². The molecule has 1 aromatic carbocycles. The first-order valence-electron chi connectivity index (χ1n) is 5.72. The molecule has 3 nitrogen and oxygen atoms in total. The van der Waals surface area contributed by atoms with Crippen LogP contribution in [0.4, 0.5) is 8.78 Å². The van der Waals surface area contributed by atoms with E-state index in [9.17, 15) is 8.78 Å². The lowest BCUT2D eigenvalue weighted by Gasteiger charge is -2.02. The van der Waals surface area contributed by atoms with Gasteiger partial charge in [0.25, 0.3) is 0 Å². The van der Waals surface area contributed by atoms with Gasteiger partial charge < -0.3 is 10.3 Å². The number of rotatable bonds is 3. The average molecular weight is 251 g/mol. The van der Waals surface area contributed by atoms with Crippen LogP contribution in [0.1, 0.15) is 11.5 Å². The lowest BCUT2D eigenvalue weighted by molar-refractivity contribution is 0.602. The van der Waals surface area contributed by atoms with E-state index in [4.69, 9.17) is 5.73 Å². The number of nitrogens with two attached hydrogens (primary N) is 1. The molecule has 5 heteroatoms. The molecule has 0 amide bonds. The van der Waals surface area contributed by atoms with Gasteiger partial charge >= 0.3 is 0 Å². The Bertz CT molecular complexity index is 576. The first-order valence-corrected chi connectivity index (χ1v) is 5.72. The lowest BCUT2D eigenvalue weighted by atomic mass is 10.1. The van der Waals surface area contributed by atoms with E-state index >= 15 is 0 Å². The van der Waals surface area contributed by atoms with Gasteiger partial charge in [-0.1, -0.05) is 0 Å². The highest BCUT2D eigenvalue weighted by Crippen LogP contribution is 2.26. The Balaban J connectivity index is 2.57. The van der Waals surface area contributed by atoms with Gasteiger partial charge in [0.15, 0.2) is 0 Å².